The molecule has 0 saturated carbocycles. The van der Waals surface area contributed by atoms with Gasteiger partial charge in [-0.1, -0.05) is 12.0 Å². The number of benzene rings is 2. The number of hydrogen-bond donors (Lipinski definition) is 0. The molecule has 0 amide bonds. The summed E-state index contributed by atoms with van der Waals surface area (Å²) in [4.78, 5) is 12.9. The molecule has 3 rings (SSSR count). The number of hydrogen-bond acceptors (Lipinski definition) is 5. The van der Waals surface area contributed by atoms with Crippen molar-refractivity contribution in [3.05, 3.63) is 40.6 Å². The molecule has 0 saturated heterocycles. The van der Waals surface area contributed by atoms with Crippen LogP contribution in [0.2, 0.25) is 0 Å². The van der Waals surface area contributed by atoms with E-state index in [1.165, 1.54) is 14.2 Å². The summed E-state index contributed by atoms with van der Waals surface area (Å²) in [5.41, 5.74) is -0.301. The number of rotatable bonds is 4. The second-order valence-corrected chi connectivity index (χ2v) is 6.02. The maximum Gasteiger partial charge on any atom is 0.204 e. The molecule has 2 aromatic carbocycles. The van der Waals surface area contributed by atoms with Crippen molar-refractivity contribution in [1.29, 1.82) is 0 Å². The summed E-state index contributed by atoms with van der Waals surface area (Å²) >= 11 is 0. The predicted octanol–water partition coefficient (Wildman–Crippen LogP) is 3.75. The van der Waals surface area contributed by atoms with Crippen molar-refractivity contribution in [3.8, 4) is 29.6 Å². The number of terminal acetylenes is 1. The summed E-state index contributed by atoms with van der Waals surface area (Å²) < 4.78 is 22.4. The van der Waals surface area contributed by atoms with Crippen LogP contribution in [0.3, 0.4) is 0 Å². The first-order chi connectivity index (χ1) is 11.9. The van der Waals surface area contributed by atoms with Gasteiger partial charge in [-0.25, -0.2) is 0 Å². The first-order valence-corrected chi connectivity index (χ1v) is 7.68. The Kier molecular flexibility index (Phi) is 4.05. The van der Waals surface area contributed by atoms with Crippen molar-refractivity contribution in [2.45, 2.75) is 19.4 Å². The maximum absolute atomic E-state index is 12.9. The minimum absolute atomic E-state index is 0.199. The van der Waals surface area contributed by atoms with E-state index in [0.717, 1.165) is 0 Å². The Morgan fingerprint density at radius 1 is 1.12 bits per heavy atom. The van der Waals surface area contributed by atoms with Crippen molar-refractivity contribution < 1.29 is 18.6 Å². The van der Waals surface area contributed by atoms with E-state index in [0.29, 0.717) is 39.2 Å². The van der Waals surface area contributed by atoms with E-state index in [-0.39, 0.29) is 5.43 Å². The maximum atomic E-state index is 12.9. The summed E-state index contributed by atoms with van der Waals surface area (Å²) in [6.07, 6.45) is 5.48. The van der Waals surface area contributed by atoms with Gasteiger partial charge in [0.1, 0.15) is 22.5 Å². The second kappa shape index (κ2) is 6.06. The Morgan fingerprint density at radius 3 is 2.48 bits per heavy atom. The molecule has 0 N–H and O–H groups in total. The number of ether oxygens (including phenoxy) is 3. The third kappa shape index (κ3) is 2.87. The van der Waals surface area contributed by atoms with Crippen molar-refractivity contribution >= 4 is 21.9 Å². The quantitative estimate of drug-likeness (QED) is 0.535. The van der Waals surface area contributed by atoms with Crippen LogP contribution in [-0.4, -0.2) is 19.8 Å². The monoisotopic (exact) mass is 338 g/mol. The lowest BCUT2D eigenvalue weighted by atomic mass is 10.1. The lowest BCUT2D eigenvalue weighted by molar-refractivity contribution is 0.172. The Bertz CT molecular complexity index is 1050. The Labute approximate surface area is 145 Å². The third-order valence-electron chi connectivity index (χ3n) is 3.86. The molecule has 128 valence electrons. The molecule has 25 heavy (non-hydrogen) atoms. The van der Waals surface area contributed by atoms with E-state index in [1.807, 2.05) is 0 Å². The van der Waals surface area contributed by atoms with Crippen molar-refractivity contribution in [1.82, 2.24) is 0 Å². The van der Waals surface area contributed by atoms with E-state index in [4.69, 9.17) is 25.1 Å². The van der Waals surface area contributed by atoms with E-state index in [1.54, 1.807) is 44.2 Å². The van der Waals surface area contributed by atoms with E-state index < -0.39 is 5.60 Å². The van der Waals surface area contributed by atoms with Crippen LogP contribution < -0.4 is 19.6 Å². The van der Waals surface area contributed by atoms with Gasteiger partial charge in [-0.05, 0) is 26.0 Å². The Hall–Kier alpha value is -3.13. The van der Waals surface area contributed by atoms with Crippen LogP contribution in [0.25, 0.3) is 21.9 Å². The molecule has 0 aliphatic carbocycles. The molecule has 0 fully saturated rings. The fourth-order valence-electron chi connectivity index (χ4n) is 2.62. The van der Waals surface area contributed by atoms with Crippen molar-refractivity contribution in [3.63, 3.8) is 0 Å². The first kappa shape index (κ1) is 16.7. The van der Waals surface area contributed by atoms with Crippen LogP contribution in [-0.2, 0) is 0 Å². The van der Waals surface area contributed by atoms with Crippen molar-refractivity contribution in [2.24, 2.45) is 0 Å². The molecule has 1 heterocycles. The van der Waals surface area contributed by atoms with Gasteiger partial charge >= 0.3 is 0 Å². The normalized spacial score (nSPS) is 11.3. The first-order valence-electron chi connectivity index (χ1n) is 7.68. The van der Waals surface area contributed by atoms with Crippen LogP contribution in [0, 0.1) is 12.3 Å². The van der Waals surface area contributed by atoms with Gasteiger partial charge in [0, 0.05) is 12.1 Å². The van der Waals surface area contributed by atoms with E-state index in [9.17, 15) is 4.79 Å². The summed E-state index contributed by atoms with van der Waals surface area (Å²) in [5, 5.41) is 0.761. The number of methoxy groups -OCH3 is 2. The molecule has 5 nitrogen and oxygen atoms in total. The SMILES string of the molecule is C#CC(C)(C)Oc1cc(OC)c2c(=O)c3cccc(OC)c3oc2c1. The van der Waals surface area contributed by atoms with Gasteiger partial charge in [-0.3, -0.25) is 4.79 Å². The number of para-hydroxylation sites is 1. The average molecular weight is 338 g/mol. The molecule has 0 aliphatic rings. The van der Waals surface area contributed by atoms with Crippen LogP contribution >= 0.6 is 0 Å². The van der Waals surface area contributed by atoms with Gasteiger partial charge in [-0.15, -0.1) is 6.42 Å². The molecular formula is C20H18O5. The Morgan fingerprint density at radius 2 is 1.84 bits per heavy atom. The van der Waals surface area contributed by atoms with Gasteiger partial charge in [0.25, 0.3) is 0 Å². The molecule has 3 aromatic rings. The third-order valence-corrected chi connectivity index (χ3v) is 3.86. The lowest BCUT2D eigenvalue weighted by Crippen LogP contribution is -2.25. The van der Waals surface area contributed by atoms with Gasteiger partial charge < -0.3 is 18.6 Å². The lowest BCUT2D eigenvalue weighted by Gasteiger charge is -2.21. The molecule has 0 bridgehead atoms. The summed E-state index contributed by atoms with van der Waals surface area (Å²) in [6.45, 7) is 3.53. The standard InChI is InChI=1S/C20H18O5/c1-6-20(2,3)25-12-10-15(23-5)17-16(11-12)24-19-13(18(17)21)8-7-9-14(19)22-4/h1,7-11H,2-5H3. The van der Waals surface area contributed by atoms with Gasteiger partial charge in [-0.2, -0.15) is 0 Å². The minimum Gasteiger partial charge on any atom is -0.496 e. The zero-order chi connectivity index (χ0) is 18.2. The van der Waals surface area contributed by atoms with E-state index in [2.05, 4.69) is 5.92 Å². The van der Waals surface area contributed by atoms with E-state index >= 15 is 0 Å². The number of fused-ring (bicyclic) bond motifs is 2. The molecule has 5 heteroatoms. The highest BCUT2D eigenvalue weighted by molar-refractivity contribution is 5.95. The molecule has 0 radical (unpaired) electrons. The van der Waals surface area contributed by atoms with Crippen LogP contribution in [0.1, 0.15) is 13.8 Å². The second-order valence-electron chi connectivity index (χ2n) is 6.02. The fraction of sp³-hybridized carbons (Fsp3) is 0.250. The smallest absolute Gasteiger partial charge is 0.204 e. The fourth-order valence-corrected chi connectivity index (χ4v) is 2.62. The minimum atomic E-state index is -0.812. The Balaban J connectivity index is 2.36. The molecule has 0 aliphatic heterocycles. The topological polar surface area (TPSA) is 57.9 Å². The van der Waals surface area contributed by atoms with Crippen molar-refractivity contribution in [2.75, 3.05) is 14.2 Å². The summed E-state index contributed by atoms with van der Waals surface area (Å²) in [7, 11) is 3.01. The van der Waals surface area contributed by atoms with Crippen LogP contribution in [0.15, 0.2) is 39.5 Å². The van der Waals surface area contributed by atoms with Gasteiger partial charge in [0.15, 0.2) is 16.9 Å². The zero-order valence-corrected chi connectivity index (χ0v) is 14.5. The summed E-state index contributed by atoms with van der Waals surface area (Å²) in [6, 6.07) is 8.42. The van der Waals surface area contributed by atoms with Crippen LogP contribution in [0.5, 0.6) is 17.2 Å². The van der Waals surface area contributed by atoms with Gasteiger partial charge in [0.05, 0.1) is 19.6 Å². The highest BCUT2D eigenvalue weighted by Crippen LogP contribution is 2.34. The van der Waals surface area contributed by atoms with Crippen LogP contribution in [0.4, 0.5) is 0 Å². The zero-order valence-electron chi connectivity index (χ0n) is 14.5. The molecular weight excluding hydrogens is 320 g/mol. The van der Waals surface area contributed by atoms with Gasteiger partial charge in [0.2, 0.25) is 5.43 Å². The summed E-state index contributed by atoms with van der Waals surface area (Å²) in [5.74, 6) is 3.85. The average Bonchev–Trinajstić information content (AvgIpc) is 2.60. The molecule has 0 spiro atoms. The predicted molar refractivity (Wildman–Crippen MR) is 96.6 cm³/mol. The largest absolute Gasteiger partial charge is 0.496 e. The highest BCUT2D eigenvalue weighted by atomic mass is 16.5. The molecule has 0 unspecified atom stereocenters. The highest BCUT2D eigenvalue weighted by Gasteiger charge is 2.20. The molecule has 0 atom stereocenters. The molecule has 1 aromatic heterocycles.